The summed E-state index contributed by atoms with van der Waals surface area (Å²) in [5.41, 5.74) is 1.24. The van der Waals surface area contributed by atoms with Crippen molar-refractivity contribution in [2.75, 3.05) is 23.3 Å². The third-order valence-electron chi connectivity index (χ3n) is 5.31. The molecule has 2 aliphatic heterocycles. The summed E-state index contributed by atoms with van der Waals surface area (Å²) in [6.45, 7) is 1.73. The highest BCUT2D eigenvalue weighted by Crippen LogP contribution is 2.33. The van der Waals surface area contributed by atoms with Crippen LogP contribution in [-0.4, -0.2) is 41.8 Å². The van der Waals surface area contributed by atoms with Gasteiger partial charge in [0, 0.05) is 12.2 Å². The molecule has 2 aliphatic rings. The van der Waals surface area contributed by atoms with Gasteiger partial charge in [-0.15, -0.1) is 0 Å². The smallest absolute Gasteiger partial charge is 0.256 e. The van der Waals surface area contributed by atoms with Crippen LogP contribution in [0.25, 0.3) is 0 Å². The highest BCUT2D eigenvalue weighted by Gasteiger charge is 2.42. The van der Waals surface area contributed by atoms with Gasteiger partial charge in [0.15, 0.2) is 0 Å². The van der Waals surface area contributed by atoms with E-state index in [-0.39, 0.29) is 23.7 Å². The average Bonchev–Trinajstić information content (AvgIpc) is 3.15. The van der Waals surface area contributed by atoms with Crippen LogP contribution in [0, 0.1) is 18.6 Å². The fourth-order valence-corrected chi connectivity index (χ4v) is 3.90. The van der Waals surface area contributed by atoms with E-state index in [1.165, 1.54) is 34.1 Å². The highest BCUT2D eigenvalue weighted by atomic mass is 19.1. The number of hydrogen-bond acceptors (Lipinski definition) is 3. The largest absolute Gasteiger partial charge is 0.327 e. The minimum absolute atomic E-state index is 0.0634. The molecule has 150 valence electrons. The van der Waals surface area contributed by atoms with Crippen LogP contribution in [0.3, 0.4) is 0 Å². The van der Waals surface area contributed by atoms with Crippen molar-refractivity contribution in [2.24, 2.45) is 0 Å². The second kappa shape index (κ2) is 7.27. The number of benzene rings is 2. The lowest BCUT2D eigenvalue weighted by molar-refractivity contribution is -0.124. The van der Waals surface area contributed by atoms with E-state index < -0.39 is 29.5 Å². The van der Waals surface area contributed by atoms with Gasteiger partial charge in [0.1, 0.15) is 24.2 Å². The summed E-state index contributed by atoms with van der Waals surface area (Å²) in [5.74, 6) is -2.28. The molecule has 0 aliphatic carbocycles. The molecule has 29 heavy (non-hydrogen) atoms. The first kappa shape index (κ1) is 19.0. The summed E-state index contributed by atoms with van der Waals surface area (Å²) < 4.78 is 27.1. The quantitative estimate of drug-likeness (QED) is 0.863. The molecule has 0 radical (unpaired) electrons. The molecule has 2 heterocycles. The van der Waals surface area contributed by atoms with Crippen LogP contribution in [0.2, 0.25) is 0 Å². The fraction of sp³-hybridized carbons (Fsp3) is 0.286. The molecule has 1 atom stereocenters. The Bertz CT molecular complexity index is 1020. The van der Waals surface area contributed by atoms with Crippen LogP contribution >= 0.6 is 0 Å². The van der Waals surface area contributed by atoms with Crippen molar-refractivity contribution < 1.29 is 23.2 Å². The monoisotopic (exact) mass is 399 g/mol. The predicted octanol–water partition coefficient (Wildman–Crippen LogP) is 2.86. The summed E-state index contributed by atoms with van der Waals surface area (Å²) in [5, 5.41) is 2.67. The van der Waals surface area contributed by atoms with E-state index in [1.807, 2.05) is 0 Å². The summed E-state index contributed by atoms with van der Waals surface area (Å²) in [7, 11) is 0. The van der Waals surface area contributed by atoms with Crippen LogP contribution < -0.4 is 10.2 Å². The van der Waals surface area contributed by atoms with Gasteiger partial charge in [-0.1, -0.05) is 0 Å². The minimum atomic E-state index is -0.668. The lowest BCUT2D eigenvalue weighted by Gasteiger charge is -2.25. The maximum atomic E-state index is 13.8. The first-order chi connectivity index (χ1) is 13.8. The number of carbonyl (C=O) groups is 3. The first-order valence-corrected chi connectivity index (χ1v) is 9.33. The standard InChI is InChI=1S/C21H19F2N3O3/c1-12-9-13(22)4-6-16(12)24-19(27)11-26-17-7-5-14(23)10-15(17)20(28)25-8-2-3-18(25)21(26)29/h4-7,9-10,18H,2-3,8,11H2,1H3,(H,24,27)/t18-/m0/s1. The van der Waals surface area contributed by atoms with Gasteiger partial charge in [-0.25, -0.2) is 8.78 Å². The molecule has 0 aromatic heterocycles. The molecule has 4 rings (SSSR count). The Hall–Kier alpha value is -3.29. The van der Waals surface area contributed by atoms with Gasteiger partial charge >= 0.3 is 0 Å². The lowest BCUT2D eigenvalue weighted by atomic mass is 10.1. The Balaban J connectivity index is 1.66. The number of rotatable bonds is 3. The summed E-state index contributed by atoms with van der Waals surface area (Å²) in [6, 6.07) is 6.90. The van der Waals surface area contributed by atoms with Crippen molar-refractivity contribution in [2.45, 2.75) is 25.8 Å². The highest BCUT2D eigenvalue weighted by molar-refractivity contribution is 6.13. The maximum Gasteiger partial charge on any atom is 0.256 e. The molecule has 3 amide bonds. The number of carbonyl (C=O) groups excluding carboxylic acids is 3. The number of nitrogens with one attached hydrogen (secondary N) is 1. The van der Waals surface area contributed by atoms with Crippen molar-refractivity contribution in [3.05, 3.63) is 59.2 Å². The number of anilines is 2. The zero-order valence-electron chi connectivity index (χ0n) is 15.7. The number of fused-ring (bicyclic) bond motifs is 2. The summed E-state index contributed by atoms with van der Waals surface area (Å²) in [6.07, 6.45) is 1.16. The van der Waals surface area contributed by atoms with Crippen molar-refractivity contribution in [3.8, 4) is 0 Å². The molecule has 8 heteroatoms. The second-order valence-electron chi connectivity index (χ2n) is 7.25. The van der Waals surface area contributed by atoms with Crippen LogP contribution in [0.1, 0.15) is 28.8 Å². The van der Waals surface area contributed by atoms with Gasteiger partial charge in [0.05, 0.1) is 11.3 Å². The second-order valence-corrected chi connectivity index (χ2v) is 7.25. The number of halogens is 2. The van der Waals surface area contributed by atoms with Crippen LogP contribution in [0.5, 0.6) is 0 Å². The van der Waals surface area contributed by atoms with Gasteiger partial charge in [-0.2, -0.15) is 0 Å². The Morgan fingerprint density at radius 1 is 1.14 bits per heavy atom. The first-order valence-electron chi connectivity index (χ1n) is 9.33. The van der Waals surface area contributed by atoms with E-state index in [2.05, 4.69) is 5.32 Å². The third-order valence-corrected chi connectivity index (χ3v) is 5.31. The minimum Gasteiger partial charge on any atom is -0.327 e. The Labute approximate surface area is 166 Å². The number of hydrogen-bond donors (Lipinski definition) is 1. The summed E-state index contributed by atoms with van der Waals surface area (Å²) in [4.78, 5) is 41.3. The van der Waals surface area contributed by atoms with E-state index in [9.17, 15) is 23.2 Å². The molecule has 0 bridgehead atoms. The van der Waals surface area contributed by atoms with E-state index in [0.29, 0.717) is 30.6 Å². The van der Waals surface area contributed by atoms with Crippen molar-refractivity contribution in [1.82, 2.24) is 4.90 Å². The number of amides is 3. The van der Waals surface area contributed by atoms with E-state index in [4.69, 9.17) is 0 Å². The van der Waals surface area contributed by atoms with E-state index >= 15 is 0 Å². The molecule has 2 aromatic rings. The van der Waals surface area contributed by atoms with E-state index in [0.717, 1.165) is 12.1 Å². The zero-order chi connectivity index (χ0) is 20.7. The predicted molar refractivity (Wildman–Crippen MR) is 103 cm³/mol. The van der Waals surface area contributed by atoms with Gasteiger partial charge in [0.25, 0.3) is 5.91 Å². The molecule has 0 spiro atoms. The summed E-state index contributed by atoms with van der Waals surface area (Å²) >= 11 is 0. The molecular weight excluding hydrogens is 380 g/mol. The molecule has 1 saturated heterocycles. The molecule has 2 aromatic carbocycles. The van der Waals surface area contributed by atoms with Crippen molar-refractivity contribution in [3.63, 3.8) is 0 Å². The van der Waals surface area contributed by atoms with Gasteiger partial charge < -0.3 is 15.1 Å². The molecule has 1 N–H and O–H groups in total. The maximum absolute atomic E-state index is 13.8. The zero-order valence-corrected chi connectivity index (χ0v) is 15.7. The van der Waals surface area contributed by atoms with Crippen molar-refractivity contribution >= 4 is 29.1 Å². The Kier molecular flexibility index (Phi) is 4.77. The molecule has 1 fully saturated rings. The molecule has 0 saturated carbocycles. The Morgan fingerprint density at radius 2 is 1.86 bits per heavy atom. The third kappa shape index (κ3) is 3.46. The van der Waals surface area contributed by atoms with Crippen LogP contribution in [0.15, 0.2) is 36.4 Å². The normalized spacial score (nSPS) is 18.4. The lowest BCUT2D eigenvalue weighted by Crippen LogP contribution is -2.47. The van der Waals surface area contributed by atoms with Gasteiger partial charge in [0.2, 0.25) is 11.8 Å². The Morgan fingerprint density at radius 3 is 2.62 bits per heavy atom. The molecular formula is C21H19F2N3O3. The van der Waals surface area contributed by atoms with Crippen LogP contribution in [-0.2, 0) is 9.59 Å². The van der Waals surface area contributed by atoms with Crippen molar-refractivity contribution in [1.29, 1.82) is 0 Å². The van der Waals surface area contributed by atoms with Gasteiger partial charge in [-0.05, 0) is 61.7 Å². The number of aryl methyl sites for hydroxylation is 1. The topological polar surface area (TPSA) is 69.7 Å². The fourth-order valence-electron chi connectivity index (χ4n) is 3.90. The SMILES string of the molecule is Cc1cc(F)ccc1NC(=O)CN1C(=O)[C@@H]2CCCN2C(=O)c2cc(F)ccc21. The average molecular weight is 399 g/mol. The molecule has 6 nitrogen and oxygen atoms in total. The van der Waals surface area contributed by atoms with Crippen LogP contribution in [0.4, 0.5) is 20.2 Å². The number of nitrogens with zero attached hydrogens (tertiary/aromatic N) is 2. The van der Waals surface area contributed by atoms with Gasteiger partial charge in [-0.3, -0.25) is 14.4 Å². The molecule has 0 unspecified atom stereocenters. The van der Waals surface area contributed by atoms with E-state index in [1.54, 1.807) is 6.92 Å².